The summed E-state index contributed by atoms with van der Waals surface area (Å²) in [5.74, 6) is -5.30. The second kappa shape index (κ2) is 34.8. The van der Waals surface area contributed by atoms with Gasteiger partial charge in [0.2, 0.25) is 41.4 Å². The molecule has 7 atom stereocenters. The summed E-state index contributed by atoms with van der Waals surface area (Å²) in [6, 6.07) is 15.1. The SMILES string of the molecule is CC(C)C[C@H](NC(=O)[C@H](Cc1ccccc1)NC(=O)CNC(=O)CN(C[C@@H](N)Cc1ccc(O)cc1)C[C@@H](N)Cc1ccc(O)cc1)C(=O)N[C@@H](CCCN=C(N)N)C(=O)N[C@@H](CCCN=C(N)N)C(=O)N[C@H](CC(C)C)C(N)=O. The molecule has 0 aliphatic heterocycles. The van der Waals surface area contributed by atoms with Crippen LogP contribution in [0.1, 0.15) is 82.9 Å². The summed E-state index contributed by atoms with van der Waals surface area (Å²) in [6.07, 6.45) is 1.60. The van der Waals surface area contributed by atoms with E-state index >= 15 is 0 Å². The van der Waals surface area contributed by atoms with Crippen molar-refractivity contribution in [2.75, 3.05) is 39.3 Å². The Morgan fingerprint density at radius 1 is 0.500 bits per heavy atom. The quantitative estimate of drug-likeness (QED) is 0.0175. The number of aliphatic imine (C=N–C) groups is 2. The lowest BCUT2D eigenvalue weighted by Crippen LogP contribution is -2.59. The van der Waals surface area contributed by atoms with E-state index in [0.29, 0.717) is 18.4 Å². The molecular weight excluding hydrogens is 1030 g/mol. The molecular formula is C55H86N16O9. The number of phenols is 2. The lowest BCUT2D eigenvalue weighted by Gasteiger charge is -2.28. The molecule has 0 bridgehead atoms. The van der Waals surface area contributed by atoms with Crippen molar-refractivity contribution in [2.24, 2.45) is 62.0 Å². The van der Waals surface area contributed by atoms with Crippen molar-refractivity contribution in [3.8, 4) is 11.5 Å². The Morgan fingerprint density at radius 3 is 1.34 bits per heavy atom. The summed E-state index contributed by atoms with van der Waals surface area (Å²) in [6.45, 7) is 7.33. The van der Waals surface area contributed by atoms with Gasteiger partial charge >= 0.3 is 0 Å². The monoisotopic (exact) mass is 1110 g/mol. The predicted molar refractivity (Wildman–Crippen MR) is 307 cm³/mol. The van der Waals surface area contributed by atoms with Gasteiger partial charge in [0.05, 0.1) is 13.1 Å². The topological polar surface area (TPSA) is 442 Å². The highest BCUT2D eigenvalue weighted by Crippen LogP contribution is 2.15. The molecule has 22 N–H and O–H groups in total. The molecule has 80 heavy (non-hydrogen) atoms. The van der Waals surface area contributed by atoms with Crippen LogP contribution in [0.2, 0.25) is 0 Å². The summed E-state index contributed by atoms with van der Waals surface area (Å²) < 4.78 is 0. The van der Waals surface area contributed by atoms with Gasteiger partial charge in [-0.25, -0.2) is 0 Å². The van der Waals surface area contributed by atoms with Crippen LogP contribution in [-0.2, 0) is 52.8 Å². The number of primary amides is 1. The van der Waals surface area contributed by atoms with Gasteiger partial charge in [-0.15, -0.1) is 0 Å². The number of carbonyl (C=O) groups is 7. The fraction of sp³-hybridized carbons (Fsp3) is 0.509. The predicted octanol–water partition coefficient (Wildman–Crippen LogP) is -1.69. The van der Waals surface area contributed by atoms with E-state index in [9.17, 15) is 43.8 Å². The summed E-state index contributed by atoms with van der Waals surface area (Å²) >= 11 is 0. The van der Waals surface area contributed by atoms with Crippen LogP contribution in [-0.4, -0.2) is 150 Å². The first kappa shape index (κ1) is 66.3. The molecule has 0 saturated carbocycles. The zero-order chi connectivity index (χ0) is 59.3. The molecule has 3 aromatic rings. The molecule has 3 rings (SSSR count). The maximum absolute atomic E-state index is 14.4. The fourth-order valence-corrected chi connectivity index (χ4v) is 8.66. The molecule has 3 aromatic carbocycles. The van der Waals surface area contributed by atoms with E-state index in [4.69, 9.17) is 40.1 Å². The third kappa shape index (κ3) is 27.0. The summed E-state index contributed by atoms with van der Waals surface area (Å²) in [7, 11) is 0. The van der Waals surface area contributed by atoms with Gasteiger partial charge in [0.15, 0.2) is 11.9 Å². The number of hydrogen-bond acceptors (Lipinski definition) is 14. The highest BCUT2D eigenvalue weighted by Gasteiger charge is 2.33. The Morgan fingerprint density at radius 2 is 0.900 bits per heavy atom. The Kier molecular flexibility index (Phi) is 28.8. The minimum absolute atomic E-state index is 0.00969. The molecule has 0 heterocycles. The highest BCUT2D eigenvalue weighted by molar-refractivity contribution is 5.96. The molecule has 0 fully saturated rings. The number of rotatable bonds is 36. The number of nitrogens with two attached hydrogens (primary N) is 7. The van der Waals surface area contributed by atoms with Gasteiger partial charge in [0, 0.05) is 44.7 Å². The minimum Gasteiger partial charge on any atom is -0.508 e. The average Bonchev–Trinajstić information content (AvgIpc) is 3.37. The zero-order valence-corrected chi connectivity index (χ0v) is 46.4. The van der Waals surface area contributed by atoms with Crippen molar-refractivity contribution in [2.45, 2.75) is 128 Å². The molecule has 25 heteroatoms. The first-order chi connectivity index (χ1) is 37.9. The molecule has 0 spiro atoms. The maximum Gasteiger partial charge on any atom is 0.243 e. The summed E-state index contributed by atoms with van der Waals surface area (Å²) in [5.41, 5.74) is 43.3. The smallest absolute Gasteiger partial charge is 0.243 e. The minimum atomic E-state index is -1.30. The van der Waals surface area contributed by atoms with Gasteiger partial charge < -0.3 is 82.2 Å². The van der Waals surface area contributed by atoms with Crippen molar-refractivity contribution in [3.05, 3.63) is 95.6 Å². The second-order valence-corrected chi connectivity index (χ2v) is 20.8. The normalized spacial score (nSPS) is 13.8. The molecule has 7 amide bonds. The zero-order valence-electron chi connectivity index (χ0n) is 46.4. The summed E-state index contributed by atoms with van der Waals surface area (Å²) in [5, 5.41) is 35.7. The molecule has 0 saturated heterocycles. The van der Waals surface area contributed by atoms with E-state index in [1.165, 1.54) is 0 Å². The van der Waals surface area contributed by atoms with E-state index in [2.05, 4.69) is 41.9 Å². The van der Waals surface area contributed by atoms with Crippen LogP contribution in [0.5, 0.6) is 11.5 Å². The number of carbonyl (C=O) groups excluding carboxylic acids is 7. The Bertz CT molecular complexity index is 2430. The van der Waals surface area contributed by atoms with Gasteiger partial charge in [-0.2, -0.15) is 0 Å². The lowest BCUT2D eigenvalue weighted by atomic mass is 10.00. The lowest BCUT2D eigenvalue weighted by molar-refractivity contribution is -0.135. The Hall–Kier alpha value is -8.03. The van der Waals surface area contributed by atoms with Gasteiger partial charge in [-0.05, 0) is 104 Å². The molecule has 25 nitrogen and oxygen atoms in total. The highest BCUT2D eigenvalue weighted by atomic mass is 16.3. The molecule has 0 aliphatic carbocycles. The van der Waals surface area contributed by atoms with Crippen LogP contribution in [0.3, 0.4) is 0 Å². The van der Waals surface area contributed by atoms with Gasteiger partial charge in [-0.1, -0.05) is 82.3 Å². The van der Waals surface area contributed by atoms with Crippen LogP contribution in [0, 0.1) is 11.8 Å². The molecule has 440 valence electrons. The maximum atomic E-state index is 14.4. The fourth-order valence-electron chi connectivity index (χ4n) is 8.66. The molecule has 0 unspecified atom stereocenters. The first-order valence-electron chi connectivity index (χ1n) is 26.9. The van der Waals surface area contributed by atoms with E-state index in [0.717, 1.165) is 11.1 Å². The number of nitrogens with zero attached hydrogens (tertiary/aromatic N) is 3. The standard InChI is InChI=1S/C55H86N16O9/c1-33(2)24-44(49(58)76)69-51(78)43(13-9-23-64-55(61)62)67-50(77)42(12-8-22-63-54(59)60)68-52(79)45(25-34(3)4)70-53(80)46(28-35-10-6-5-7-11-35)66-47(74)29-65-48(75)32-71(30-38(56)26-36-14-18-40(72)19-15-36)31-39(57)27-37-16-20-41(73)21-17-37/h5-7,10-11,14-21,33-34,38-39,42-46,72-73H,8-9,12-13,22-32,56-57H2,1-4H3,(H2,58,76)(H,65,75)(H,66,74)(H,67,77)(H,68,79)(H,69,78)(H,70,80)(H4,59,60,63)(H4,61,62,64)/t38-,39-,42-,43-,44+,45-,46-/m0/s1. The second-order valence-electron chi connectivity index (χ2n) is 20.8. The van der Waals surface area contributed by atoms with Crippen molar-refractivity contribution < 1.29 is 43.8 Å². The van der Waals surface area contributed by atoms with Crippen LogP contribution < -0.4 is 72.0 Å². The Labute approximate surface area is 468 Å². The third-order valence-corrected chi connectivity index (χ3v) is 12.5. The number of amides is 7. The number of aromatic hydroxyl groups is 2. The van der Waals surface area contributed by atoms with Crippen molar-refractivity contribution in [1.29, 1.82) is 0 Å². The van der Waals surface area contributed by atoms with E-state index in [1.54, 1.807) is 83.8 Å². The largest absolute Gasteiger partial charge is 0.508 e. The van der Waals surface area contributed by atoms with E-state index < -0.39 is 90.2 Å². The summed E-state index contributed by atoms with van der Waals surface area (Å²) in [4.78, 5) is 106. The number of benzene rings is 3. The van der Waals surface area contributed by atoms with Crippen LogP contribution >= 0.6 is 0 Å². The number of nitrogens with one attached hydrogen (secondary N) is 6. The van der Waals surface area contributed by atoms with E-state index in [-0.39, 0.29) is 113 Å². The van der Waals surface area contributed by atoms with Crippen molar-refractivity contribution in [3.63, 3.8) is 0 Å². The van der Waals surface area contributed by atoms with Gasteiger partial charge in [0.1, 0.15) is 41.7 Å². The molecule has 0 aliphatic rings. The van der Waals surface area contributed by atoms with Crippen LogP contribution in [0.25, 0.3) is 0 Å². The first-order valence-corrected chi connectivity index (χ1v) is 26.9. The van der Waals surface area contributed by atoms with Crippen molar-refractivity contribution in [1.82, 2.24) is 36.8 Å². The van der Waals surface area contributed by atoms with Crippen molar-refractivity contribution >= 4 is 53.3 Å². The van der Waals surface area contributed by atoms with Crippen LogP contribution in [0.15, 0.2) is 88.8 Å². The van der Waals surface area contributed by atoms with Gasteiger partial charge in [-0.3, -0.25) is 48.4 Å². The van der Waals surface area contributed by atoms with Gasteiger partial charge in [0.25, 0.3) is 0 Å². The third-order valence-electron chi connectivity index (χ3n) is 12.5. The van der Waals surface area contributed by atoms with E-state index in [1.807, 2.05) is 27.7 Å². The molecule has 0 aromatic heterocycles. The Balaban J connectivity index is 1.83. The number of guanidine groups is 2. The number of phenolic OH excluding ortho intramolecular Hbond substituents is 2. The number of hydrogen-bond donors (Lipinski definition) is 15. The van der Waals surface area contributed by atoms with Crippen LogP contribution in [0.4, 0.5) is 0 Å². The molecule has 0 radical (unpaired) electrons. The average molecular weight is 1120 g/mol.